The Morgan fingerprint density at radius 2 is 1.88 bits per heavy atom. The summed E-state index contributed by atoms with van der Waals surface area (Å²) in [7, 11) is 1.57. The largest absolute Gasteiger partial charge is 0.497 e. The first-order chi connectivity index (χ1) is 11.5. The van der Waals surface area contributed by atoms with Gasteiger partial charge < -0.3 is 14.8 Å². The smallest absolute Gasteiger partial charge is 0.311 e. The highest BCUT2D eigenvalue weighted by atomic mass is 35.5. The van der Waals surface area contributed by atoms with Crippen LogP contribution in [-0.4, -0.2) is 25.1 Å². The number of nitrogens with one attached hydrogen (secondary N) is 1. The normalized spacial score (nSPS) is 11.5. The second-order valence-electron chi connectivity index (χ2n) is 5.16. The summed E-state index contributed by atoms with van der Waals surface area (Å²) < 4.78 is 10.2. The number of carbonyl (C=O) groups excluding carboxylic acids is 2. The van der Waals surface area contributed by atoms with Gasteiger partial charge in [-0.15, -0.1) is 0 Å². The second kappa shape index (κ2) is 8.36. The molecule has 1 N–H and O–H groups in total. The minimum Gasteiger partial charge on any atom is -0.497 e. The van der Waals surface area contributed by atoms with Crippen molar-refractivity contribution >= 4 is 29.2 Å². The van der Waals surface area contributed by atoms with Crippen LogP contribution in [0.3, 0.4) is 0 Å². The Morgan fingerprint density at radius 3 is 2.50 bits per heavy atom. The molecule has 1 amide bonds. The van der Waals surface area contributed by atoms with Crippen LogP contribution in [0.5, 0.6) is 5.75 Å². The summed E-state index contributed by atoms with van der Waals surface area (Å²) in [4.78, 5) is 24.0. The Bertz CT molecular complexity index is 715. The number of ether oxygens (including phenoxy) is 2. The number of hydrogen-bond donors (Lipinski definition) is 1. The summed E-state index contributed by atoms with van der Waals surface area (Å²) in [6, 6.07) is 13.8. The van der Waals surface area contributed by atoms with Gasteiger partial charge in [-0.3, -0.25) is 9.59 Å². The lowest BCUT2D eigenvalue weighted by Gasteiger charge is -2.14. The third-order valence-corrected chi connectivity index (χ3v) is 3.51. The molecule has 2 rings (SSSR count). The molecule has 0 unspecified atom stereocenters. The first-order valence-corrected chi connectivity index (χ1v) is 7.74. The van der Waals surface area contributed by atoms with Gasteiger partial charge in [-0.1, -0.05) is 29.8 Å². The molecule has 126 valence electrons. The fourth-order valence-electron chi connectivity index (χ4n) is 2.01. The minimum absolute atomic E-state index is 0.0821. The fraction of sp³-hybridized carbons (Fsp3) is 0.222. The molecule has 0 spiro atoms. The van der Waals surface area contributed by atoms with E-state index in [1.165, 1.54) is 6.92 Å². The number of halogens is 1. The molecule has 0 radical (unpaired) electrons. The summed E-state index contributed by atoms with van der Waals surface area (Å²) in [5.41, 5.74) is 1.33. The van der Waals surface area contributed by atoms with Gasteiger partial charge in [0.25, 0.3) is 5.91 Å². The molecular formula is C18H18ClNO4. The van der Waals surface area contributed by atoms with E-state index < -0.39 is 18.0 Å². The molecule has 0 bridgehead atoms. The third-order valence-electron chi connectivity index (χ3n) is 3.28. The van der Waals surface area contributed by atoms with E-state index in [0.717, 1.165) is 5.56 Å². The van der Waals surface area contributed by atoms with E-state index >= 15 is 0 Å². The van der Waals surface area contributed by atoms with Crippen molar-refractivity contribution in [2.75, 3.05) is 12.4 Å². The van der Waals surface area contributed by atoms with Crippen molar-refractivity contribution in [2.24, 2.45) is 0 Å². The van der Waals surface area contributed by atoms with Gasteiger partial charge in [-0.2, -0.15) is 0 Å². The SMILES string of the molecule is COc1ccc(CC(=O)O[C@@H](C)C(=O)Nc2cccc(Cl)c2)cc1. The average Bonchev–Trinajstić information content (AvgIpc) is 2.55. The molecule has 0 heterocycles. The Labute approximate surface area is 145 Å². The molecule has 0 saturated heterocycles. The monoisotopic (exact) mass is 347 g/mol. The van der Waals surface area contributed by atoms with E-state index in [1.54, 1.807) is 55.6 Å². The van der Waals surface area contributed by atoms with Crippen LogP contribution in [0.4, 0.5) is 5.69 Å². The van der Waals surface area contributed by atoms with Crippen LogP contribution in [0.2, 0.25) is 5.02 Å². The van der Waals surface area contributed by atoms with E-state index in [4.69, 9.17) is 21.1 Å². The molecule has 0 aliphatic heterocycles. The first kappa shape index (κ1) is 17.8. The predicted molar refractivity (Wildman–Crippen MR) is 92.3 cm³/mol. The van der Waals surface area contributed by atoms with E-state index in [2.05, 4.69) is 5.32 Å². The Morgan fingerprint density at radius 1 is 1.17 bits per heavy atom. The molecule has 2 aromatic rings. The Hall–Kier alpha value is -2.53. The maximum Gasteiger partial charge on any atom is 0.311 e. The van der Waals surface area contributed by atoms with Crippen LogP contribution in [0.15, 0.2) is 48.5 Å². The highest BCUT2D eigenvalue weighted by Gasteiger charge is 2.18. The molecule has 5 nitrogen and oxygen atoms in total. The van der Waals surface area contributed by atoms with Crippen molar-refractivity contribution in [1.29, 1.82) is 0 Å². The van der Waals surface area contributed by atoms with Crippen LogP contribution in [-0.2, 0) is 20.7 Å². The highest BCUT2D eigenvalue weighted by Crippen LogP contribution is 2.16. The summed E-state index contributed by atoms with van der Waals surface area (Å²) in [6.45, 7) is 1.52. The number of benzene rings is 2. The molecule has 0 fully saturated rings. The number of esters is 1. The van der Waals surface area contributed by atoms with Crippen molar-refractivity contribution in [3.8, 4) is 5.75 Å². The number of hydrogen-bond acceptors (Lipinski definition) is 4. The number of anilines is 1. The minimum atomic E-state index is -0.908. The van der Waals surface area contributed by atoms with Crippen LogP contribution >= 0.6 is 11.6 Å². The zero-order valence-corrected chi connectivity index (χ0v) is 14.2. The highest BCUT2D eigenvalue weighted by molar-refractivity contribution is 6.30. The topological polar surface area (TPSA) is 64.6 Å². The summed E-state index contributed by atoms with van der Waals surface area (Å²) >= 11 is 5.86. The van der Waals surface area contributed by atoms with Gasteiger partial charge in [0, 0.05) is 10.7 Å². The van der Waals surface area contributed by atoms with Crippen LogP contribution in [0.25, 0.3) is 0 Å². The molecule has 0 saturated carbocycles. The van der Waals surface area contributed by atoms with Gasteiger partial charge in [-0.05, 0) is 42.8 Å². The number of amides is 1. The van der Waals surface area contributed by atoms with Crippen molar-refractivity contribution < 1.29 is 19.1 Å². The molecule has 1 atom stereocenters. The third kappa shape index (κ3) is 5.28. The maximum absolute atomic E-state index is 12.0. The number of rotatable bonds is 6. The van der Waals surface area contributed by atoms with Crippen molar-refractivity contribution in [1.82, 2.24) is 0 Å². The van der Waals surface area contributed by atoms with Gasteiger partial charge in [-0.25, -0.2) is 0 Å². The number of carbonyl (C=O) groups is 2. The van der Waals surface area contributed by atoms with Gasteiger partial charge in [0.1, 0.15) is 5.75 Å². The molecule has 0 aliphatic rings. The fourth-order valence-corrected chi connectivity index (χ4v) is 2.20. The maximum atomic E-state index is 12.0. The zero-order valence-electron chi connectivity index (χ0n) is 13.4. The van der Waals surface area contributed by atoms with Crippen molar-refractivity contribution in [2.45, 2.75) is 19.4 Å². The quantitative estimate of drug-likeness (QED) is 0.813. The van der Waals surface area contributed by atoms with Gasteiger partial charge in [0.05, 0.1) is 13.5 Å². The number of methoxy groups -OCH3 is 1. The van der Waals surface area contributed by atoms with Crippen LogP contribution in [0.1, 0.15) is 12.5 Å². The standard InChI is InChI=1S/C18H18ClNO4/c1-12(18(22)20-15-5-3-4-14(19)11-15)24-17(21)10-13-6-8-16(23-2)9-7-13/h3-9,11-12H,10H2,1-2H3,(H,20,22)/t12-/m0/s1. The van der Waals surface area contributed by atoms with Crippen LogP contribution in [0, 0.1) is 0 Å². The molecular weight excluding hydrogens is 330 g/mol. The molecule has 2 aromatic carbocycles. The van der Waals surface area contributed by atoms with E-state index in [1.807, 2.05) is 0 Å². The molecule has 0 aromatic heterocycles. The lowest BCUT2D eigenvalue weighted by atomic mass is 10.1. The lowest BCUT2D eigenvalue weighted by Crippen LogP contribution is -2.30. The average molecular weight is 348 g/mol. The van der Waals surface area contributed by atoms with Crippen molar-refractivity contribution in [3.63, 3.8) is 0 Å². The Balaban J connectivity index is 1.86. The molecule has 24 heavy (non-hydrogen) atoms. The van der Waals surface area contributed by atoms with Crippen LogP contribution < -0.4 is 10.1 Å². The summed E-state index contributed by atoms with van der Waals surface area (Å²) in [5.74, 6) is -0.185. The summed E-state index contributed by atoms with van der Waals surface area (Å²) in [6.07, 6.45) is -0.826. The predicted octanol–water partition coefficient (Wildman–Crippen LogP) is 3.46. The van der Waals surface area contributed by atoms with Gasteiger partial charge >= 0.3 is 5.97 Å². The van der Waals surface area contributed by atoms with E-state index in [9.17, 15) is 9.59 Å². The Kier molecular flexibility index (Phi) is 6.21. The first-order valence-electron chi connectivity index (χ1n) is 7.37. The van der Waals surface area contributed by atoms with E-state index in [0.29, 0.717) is 16.5 Å². The summed E-state index contributed by atoms with van der Waals surface area (Å²) in [5, 5.41) is 3.16. The second-order valence-corrected chi connectivity index (χ2v) is 5.59. The lowest BCUT2D eigenvalue weighted by molar-refractivity contribution is -0.152. The van der Waals surface area contributed by atoms with E-state index in [-0.39, 0.29) is 6.42 Å². The molecule has 6 heteroatoms. The van der Waals surface area contributed by atoms with Crippen molar-refractivity contribution in [3.05, 3.63) is 59.1 Å². The molecule has 0 aliphatic carbocycles. The van der Waals surface area contributed by atoms with Gasteiger partial charge in [0.15, 0.2) is 6.10 Å². The zero-order chi connectivity index (χ0) is 17.5. The van der Waals surface area contributed by atoms with Gasteiger partial charge in [0.2, 0.25) is 0 Å².